The fraction of sp³-hybridized carbons (Fsp3) is 0. The van der Waals surface area contributed by atoms with E-state index < -0.39 is 0 Å². The summed E-state index contributed by atoms with van der Waals surface area (Å²) in [6, 6.07) is 22.9. The van der Waals surface area contributed by atoms with E-state index in [1.165, 1.54) is 6.07 Å². The molecule has 1 heterocycles. The number of rotatable bonds is 3. The molecule has 27 heavy (non-hydrogen) atoms. The van der Waals surface area contributed by atoms with Crippen molar-refractivity contribution < 1.29 is 4.39 Å². The van der Waals surface area contributed by atoms with Crippen LogP contribution in [-0.4, -0.2) is 9.97 Å². The third-order valence-corrected chi connectivity index (χ3v) is 4.62. The van der Waals surface area contributed by atoms with E-state index in [2.05, 4.69) is 9.97 Å². The van der Waals surface area contributed by atoms with Gasteiger partial charge in [0.15, 0.2) is 5.82 Å². The van der Waals surface area contributed by atoms with Crippen molar-refractivity contribution in [1.82, 2.24) is 9.97 Å². The Morgan fingerprint density at radius 2 is 1.19 bits per heavy atom. The molecule has 0 radical (unpaired) electrons. The van der Waals surface area contributed by atoms with Crippen LogP contribution in [0.2, 0.25) is 10.0 Å². The van der Waals surface area contributed by atoms with Crippen LogP contribution in [0.3, 0.4) is 0 Å². The smallest absolute Gasteiger partial charge is 0.160 e. The van der Waals surface area contributed by atoms with Crippen LogP contribution in [0.25, 0.3) is 33.9 Å². The molecular formula is C22H13Cl2FN2. The number of nitrogens with zero attached hydrogens (tertiary/aromatic N) is 2. The Morgan fingerprint density at radius 3 is 1.81 bits per heavy atom. The quantitative estimate of drug-likeness (QED) is 0.376. The summed E-state index contributed by atoms with van der Waals surface area (Å²) in [5.41, 5.74) is 3.29. The van der Waals surface area contributed by atoms with Gasteiger partial charge in [-0.25, -0.2) is 14.4 Å². The topological polar surface area (TPSA) is 25.8 Å². The highest BCUT2D eigenvalue weighted by Crippen LogP contribution is 2.29. The Hall–Kier alpha value is -2.75. The molecular weight excluding hydrogens is 382 g/mol. The maximum atomic E-state index is 14.4. The molecule has 5 heteroatoms. The van der Waals surface area contributed by atoms with Gasteiger partial charge in [0, 0.05) is 26.7 Å². The average molecular weight is 395 g/mol. The van der Waals surface area contributed by atoms with Gasteiger partial charge >= 0.3 is 0 Å². The van der Waals surface area contributed by atoms with Crippen molar-refractivity contribution in [2.24, 2.45) is 0 Å². The molecule has 0 fully saturated rings. The van der Waals surface area contributed by atoms with Gasteiger partial charge in [0.05, 0.1) is 11.4 Å². The third kappa shape index (κ3) is 3.85. The summed E-state index contributed by atoms with van der Waals surface area (Å²) in [6.07, 6.45) is 0. The maximum absolute atomic E-state index is 14.4. The summed E-state index contributed by atoms with van der Waals surface area (Å²) in [7, 11) is 0. The molecule has 0 aliphatic carbocycles. The van der Waals surface area contributed by atoms with Crippen LogP contribution in [-0.2, 0) is 0 Å². The van der Waals surface area contributed by atoms with Crippen LogP contribution in [0.5, 0.6) is 0 Å². The summed E-state index contributed by atoms with van der Waals surface area (Å²) in [4.78, 5) is 9.26. The predicted octanol–water partition coefficient (Wildman–Crippen LogP) is 6.92. The predicted molar refractivity (Wildman–Crippen MR) is 108 cm³/mol. The zero-order valence-electron chi connectivity index (χ0n) is 14.0. The number of benzene rings is 3. The summed E-state index contributed by atoms with van der Waals surface area (Å²) in [5.74, 6) is 0.165. The number of hydrogen-bond donors (Lipinski definition) is 0. The summed E-state index contributed by atoms with van der Waals surface area (Å²) >= 11 is 12.0. The molecule has 2 nitrogen and oxygen atoms in total. The molecule has 1 aromatic heterocycles. The van der Waals surface area contributed by atoms with Gasteiger partial charge in [-0.2, -0.15) is 0 Å². The van der Waals surface area contributed by atoms with Gasteiger partial charge in [0.25, 0.3) is 0 Å². The van der Waals surface area contributed by atoms with Gasteiger partial charge in [-0.05, 0) is 54.6 Å². The summed E-state index contributed by atoms with van der Waals surface area (Å²) in [6.45, 7) is 0. The van der Waals surface area contributed by atoms with Crippen LogP contribution < -0.4 is 0 Å². The average Bonchev–Trinajstić information content (AvgIpc) is 2.69. The lowest BCUT2D eigenvalue weighted by molar-refractivity contribution is 0.630. The monoisotopic (exact) mass is 394 g/mol. The third-order valence-electron chi connectivity index (χ3n) is 4.12. The molecule has 0 aliphatic rings. The summed E-state index contributed by atoms with van der Waals surface area (Å²) in [5, 5.41) is 1.27. The fourth-order valence-electron chi connectivity index (χ4n) is 2.75. The van der Waals surface area contributed by atoms with Crippen molar-refractivity contribution in [2.75, 3.05) is 0 Å². The van der Waals surface area contributed by atoms with E-state index in [4.69, 9.17) is 23.2 Å². The van der Waals surface area contributed by atoms with Crippen LogP contribution in [0.4, 0.5) is 4.39 Å². The van der Waals surface area contributed by atoms with Gasteiger partial charge in [0.2, 0.25) is 0 Å². The van der Waals surface area contributed by atoms with Crippen molar-refractivity contribution in [2.45, 2.75) is 0 Å². The first kappa shape index (κ1) is 17.7. The molecule has 0 saturated carbocycles. The highest BCUT2D eigenvalue weighted by Gasteiger charge is 2.13. The molecule has 0 bridgehead atoms. The van der Waals surface area contributed by atoms with E-state index >= 15 is 0 Å². The molecule has 0 N–H and O–H groups in total. The minimum Gasteiger partial charge on any atom is -0.228 e. The zero-order valence-corrected chi connectivity index (χ0v) is 15.5. The highest BCUT2D eigenvalue weighted by atomic mass is 35.5. The van der Waals surface area contributed by atoms with E-state index in [-0.39, 0.29) is 5.82 Å². The Kier molecular flexibility index (Phi) is 4.88. The van der Waals surface area contributed by atoms with Crippen LogP contribution >= 0.6 is 23.2 Å². The molecule has 0 atom stereocenters. The lowest BCUT2D eigenvalue weighted by Gasteiger charge is -2.10. The molecule has 3 aromatic carbocycles. The number of aromatic nitrogens is 2. The first-order valence-corrected chi connectivity index (χ1v) is 9.01. The van der Waals surface area contributed by atoms with E-state index in [1.54, 1.807) is 48.5 Å². The van der Waals surface area contributed by atoms with Crippen LogP contribution in [0.15, 0.2) is 78.9 Å². The second-order valence-corrected chi connectivity index (χ2v) is 6.83. The van der Waals surface area contributed by atoms with Crippen molar-refractivity contribution in [3.05, 3.63) is 94.7 Å². The van der Waals surface area contributed by atoms with E-state index in [0.717, 1.165) is 11.1 Å². The SMILES string of the molecule is Fc1ccccc1-c1cc(-c2ccc(Cl)cc2)nc(-c2ccc(Cl)cc2)n1. The van der Waals surface area contributed by atoms with Crippen molar-refractivity contribution in [3.63, 3.8) is 0 Å². The Balaban J connectivity index is 1.92. The molecule has 0 unspecified atom stereocenters. The van der Waals surface area contributed by atoms with Crippen molar-refractivity contribution >= 4 is 23.2 Å². The Morgan fingerprint density at radius 1 is 0.630 bits per heavy atom. The Bertz CT molecular complexity index is 1030. The molecule has 4 rings (SSSR count). The second kappa shape index (κ2) is 7.47. The van der Waals surface area contributed by atoms with Gasteiger partial charge in [-0.15, -0.1) is 0 Å². The molecule has 0 amide bonds. The first-order chi connectivity index (χ1) is 13.1. The number of halogens is 3. The van der Waals surface area contributed by atoms with E-state index in [1.807, 2.05) is 24.3 Å². The van der Waals surface area contributed by atoms with Crippen LogP contribution in [0, 0.1) is 5.82 Å². The lowest BCUT2D eigenvalue weighted by Crippen LogP contribution is -1.97. The zero-order chi connectivity index (χ0) is 18.8. The van der Waals surface area contributed by atoms with Gasteiger partial charge in [-0.1, -0.05) is 47.5 Å². The van der Waals surface area contributed by atoms with E-state index in [9.17, 15) is 4.39 Å². The molecule has 4 aromatic rings. The molecule has 0 aliphatic heterocycles. The van der Waals surface area contributed by atoms with Gasteiger partial charge < -0.3 is 0 Å². The van der Waals surface area contributed by atoms with Crippen molar-refractivity contribution in [1.29, 1.82) is 0 Å². The van der Waals surface area contributed by atoms with Crippen molar-refractivity contribution in [3.8, 4) is 33.9 Å². The Labute approximate surface area is 166 Å². The minimum atomic E-state index is -0.333. The fourth-order valence-corrected chi connectivity index (χ4v) is 3.00. The molecule has 132 valence electrons. The van der Waals surface area contributed by atoms with Gasteiger partial charge in [-0.3, -0.25) is 0 Å². The first-order valence-electron chi connectivity index (χ1n) is 8.26. The maximum Gasteiger partial charge on any atom is 0.160 e. The standard InChI is InChI=1S/C22H13Cl2FN2/c23-16-9-5-14(6-10-16)20-13-21(18-3-1-2-4-19(18)25)27-22(26-20)15-7-11-17(24)12-8-15/h1-13H. The normalized spacial score (nSPS) is 10.8. The van der Waals surface area contributed by atoms with E-state index in [0.29, 0.717) is 32.8 Å². The minimum absolute atomic E-state index is 0.333. The summed E-state index contributed by atoms with van der Waals surface area (Å²) < 4.78 is 14.4. The lowest BCUT2D eigenvalue weighted by atomic mass is 10.1. The second-order valence-electron chi connectivity index (χ2n) is 5.96. The van der Waals surface area contributed by atoms with Gasteiger partial charge in [0.1, 0.15) is 5.82 Å². The largest absolute Gasteiger partial charge is 0.228 e. The van der Waals surface area contributed by atoms with Crippen LogP contribution in [0.1, 0.15) is 0 Å². The number of hydrogen-bond acceptors (Lipinski definition) is 2. The molecule has 0 spiro atoms. The molecule has 0 saturated heterocycles. The highest BCUT2D eigenvalue weighted by molar-refractivity contribution is 6.30.